The highest BCUT2D eigenvalue weighted by Crippen LogP contribution is 2.28. The van der Waals surface area contributed by atoms with Gasteiger partial charge in [0.05, 0.1) is 12.2 Å². The van der Waals surface area contributed by atoms with Crippen LogP contribution in [0.1, 0.15) is 26.7 Å². The van der Waals surface area contributed by atoms with Crippen LogP contribution in [0.5, 0.6) is 0 Å². The molecule has 1 N–H and O–H groups in total. The summed E-state index contributed by atoms with van der Waals surface area (Å²) in [7, 11) is 0. The van der Waals surface area contributed by atoms with E-state index in [4.69, 9.17) is 9.84 Å². The molecular weight excluding hydrogens is 116 g/mol. The molecule has 54 valence electrons. The molecule has 0 aromatic rings. The Kier molecular flexibility index (Phi) is 2.09. The van der Waals surface area contributed by atoms with Gasteiger partial charge in [-0.05, 0) is 13.3 Å². The molecule has 0 spiro atoms. The Labute approximate surface area is 55.8 Å². The number of aliphatic hydroxyl groups is 1. The van der Waals surface area contributed by atoms with Crippen LogP contribution < -0.4 is 0 Å². The van der Waals surface area contributed by atoms with Gasteiger partial charge in [-0.25, -0.2) is 0 Å². The van der Waals surface area contributed by atoms with Crippen molar-refractivity contribution in [1.29, 1.82) is 0 Å². The van der Waals surface area contributed by atoms with E-state index >= 15 is 0 Å². The summed E-state index contributed by atoms with van der Waals surface area (Å²) in [6.07, 6.45) is 2.46. The minimum Gasteiger partial charge on any atom is -0.391 e. The predicted molar refractivity (Wildman–Crippen MR) is 35.2 cm³/mol. The summed E-state index contributed by atoms with van der Waals surface area (Å²) in [6, 6.07) is 0. The Morgan fingerprint density at radius 3 is 2.67 bits per heavy atom. The maximum Gasteiger partial charge on any atom is 0.110 e. The molecule has 9 heavy (non-hydrogen) atoms. The fraction of sp³-hybridized carbons (Fsp3) is 1.00. The van der Waals surface area contributed by atoms with Gasteiger partial charge in [-0.1, -0.05) is 13.3 Å². The molecule has 2 nitrogen and oxygen atoms in total. The molecule has 1 aliphatic rings. The van der Waals surface area contributed by atoms with Crippen LogP contribution in [-0.4, -0.2) is 23.4 Å². The van der Waals surface area contributed by atoms with E-state index in [0.29, 0.717) is 6.10 Å². The minimum absolute atomic E-state index is 0.143. The molecule has 0 aromatic carbocycles. The minimum atomic E-state index is -0.276. The summed E-state index contributed by atoms with van der Waals surface area (Å²) >= 11 is 0. The molecule has 0 amide bonds. The lowest BCUT2D eigenvalue weighted by molar-refractivity contribution is 0.152. The predicted octanol–water partition coefficient (Wildman–Crippen LogP) is 0.935. The molecule has 1 aliphatic heterocycles. The second kappa shape index (κ2) is 2.67. The largest absolute Gasteiger partial charge is 0.391 e. The highest BCUT2D eigenvalue weighted by Gasteiger charge is 2.41. The molecule has 2 heteroatoms. The first-order valence-corrected chi connectivity index (χ1v) is 3.59. The fourth-order valence-corrected chi connectivity index (χ4v) is 1.10. The van der Waals surface area contributed by atoms with E-state index in [1.54, 1.807) is 6.92 Å². The summed E-state index contributed by atoms with van der Waals surface area (Å²) in [5, 5.41) is 8.96. The third kappa shape index (κ3) is 1.66. The van der Waals surface area contributed by atoms with E-state index in [0.717, 1.165) is 12.8 Å². The molecule has 1 rings (SSSR count). The summed E-state index contributed by atoms with van der Waals surface area (Å²) < 4.78 is 5.17. The second-order valence-corrected chi connectivity index (χ2v) is 2.67. The van der Waals surface area contributed by atoms with Crippen LogP contribution in [0, 0.1) is 0 Å². The molecule has 1 heterocycles. The first-order chi connectivity index (χ1) is 4.25. The molecule has 0 bridgehead atoms. The monoisotopic (exact) mass is 130 g/mol. The first kappa shape index (κ1) is 7.03. The van der Waals surface area contributed by atoms with Crippen molar-refractivity contribution in [2.45, 2.75) is 45.0 Å². The van der Waals surface area contributed by atoms with Crippen molar-refractivity contribution in [2.75, 3.05) is 0 Å². The van der Waals surface area contributed by atoms with Gasteiger partial charge < -0.3 is 9.84 Å². The van der Waals surface area contributed by atoms with E-state index in [-0.39, 0.29) is 12.2 Å². The molecule has 1 fully saturated rings. The van der Waals surface area contributed by atoms with Crippen molar-refractivity contribution in [3.05, 3.63) is 0 Å². The van der Waals surface area contributed by atoms with Crippen molar-refractivity contribution < 1.29 is 9.84 Å². The van der Waals surface area contributed by atoms with E-state index in [2.05, 4.69) is 6.92 Å². The van der Waals surface area contributed by atoms with Crippen molar-refractivity contribution in [3.8, 4) is 0 Å². The van der Waals surface area contributed by atoms with Crippen LogP contribution in [-0.2, 0) is 4.74 Å². The van der Waals surface area contributed by atoms with E-state index in [1.807, 2.05) is 0 Å². The zero-order valence-corrected chi connectivity index (χ0v) is 6.00. The third-order valence-electron chi connectivity index (χ3n) is 1.67. The van der Waals surface area contributed by atoms with Crippen molar-refractivity contribution in [1.82, 2.24) is 0 Å². The SMILES string of the molecule is CCC[C@H]1O[C@@H]1[C@H](C)O. The average molecular weight is 130 g/mol. The molecule has 0 unspecified atom stereocenters. The lowest BCUT2D eigenvalue weighted by Gasteiger charge is -1.94. The highest BCUT2D eigenvalue weighted by molar-refractivity contribution is 4.87. The Morgan fingerprint density at radius 1 is 1.67 bits per heavy atom. The average Bonchev–Trinajstić information content (AvgIpc) is 2.47. The van der Waals surface area contributed by atoms with Gasteiger partial charge in [0.1, 0.15) is 6.10 Å². The molecule has 0 aromatic heterocycles. The lowest BCUT2D eigenvalue weighted by atomic mass is 10.1. The molecule has 0 radical (unpaired) electrons. The van der Waals surface area contributed by atoms with Crippen LogP contribution in [0.4, 0.5) is 0 Å². The second-order valence-electron chi connectivity index (χ2n) is 2.67. The highest BCUT2D eigenvalue weighted by atomic mass is 16.6. The lowest BCUT2D eigenvalue weighted by Crippen LogP contribution is -2.11. The van der Waals surface area contributed by atoms with Crippen LogP contribution in [0.2, 0.25) is 0 Å². The normalized spacial score (nSPS) is 36.3. The fourth-order valence-electron chi connectivity index (χ4n) is 1.10. The quantitative estimate of drug-likeness (QED) is 0.576. The van der Waals surface area contributed by atoms with Gasteiger partial charge >= 0.3 is 0 Å². The van der Waals surface area contributed by atoms with Gasteiger partial charge in [-0.2, -0.15) is 0 Å². The maximum atomic E-state index is 8.96. The summed E-state index contributed by atoms with van der Waals surface area (Å²) in [5.41, 5.74) is 0. The van der Waals surface area contributed by atoms with Crippen molar-refractivity contribution >= 4 is 0 Å². The Hall–Kier alpha value is -0.0800. The number of hydrogen-bond acceptors (Lipinski definition) is 2. The summed E-state index contributed by atoms with van der Waals surface area (Å²) in [4.78, 5) is 0. The van der Waals surface area contributed by atoms with E-state index in [9.17, 15) is 0 Å². The third-order valence-corrected chi connectivity index (χ3v) is 1.67. The Bertz CT molecular complexity index is 90.9. The Morgan fingerprint density at radius 2 is 2.33 bits per heavy atom. The van der Waals surface area contributed by atoms with Crippen LogP contribution in [0.15, 0.2) is 0 Å². The zero-order chi connectivity index (χ0) is 6.85. The zero-order valence-electron chi connectivity index (χ0n) is 6.00. The van der Waals surface area contributed by atoms with Crippen LogP contribution in [0.25, 0.3) is 0 Å². The molecule has 3 atom stereocenters. The van der Waals surface area contributed by atoms with Crippen LogP contribution >= 0.6 is 0 Å². The summed E-state index contributed by atoms with van der Waals surface area (Å²) in [6.45, 7) is 3.90. The number of epoxide rings is 1. The topological polar surface area (TPSA) is 32.8 Å². The number of rotatable bonds is 3. The van der Waals surface area contributed by atoms with Gasteiger partial charge in [0.15, 0.2) is 0 Å². The van der Waals surface area contributed by atoms with Crippen molar-refractivity contribution in [2.24, 2.45) is 0 Å². The van der Waals surface area contributed by atoms with E-state index < -0.39 is 0 Å². The number of ether oxygens (including phenoxy) is 1. The molecular formula is C7H14O2. The standard InChI is InChI=1S/C7H14O2/c1-3-4-6-7(9-6)5(2)8/h5-8H,3-4H2,1-2H3/t5-,6+,7+/m0/s1. The van der Waals surface area contributed by atoms with Crippen molar-refractivity contribution in [3.63, 3.8) is 0 Å². The van der Waals surface area contributed by atoms with Gasteiger partial charge in [0, 0.05) is 0 Å². The number of aliphatic hydroxyl groups excluding tert-OH is 1. The Balaban J connectivity index is 2.09. The molecule has 0 saturated carbocycles. The number of hydrogen-bond donors (Lipinski definition) is 1. The van der Waals surface area contributed by atoms with Gasteiger partial charge in [0.25, 0.3) is 0 Å². The summed E-state index contributed by atoms with van der Waals surface area (Å²) in [5.74, 6) is 0. The maximum absolute atomic E-state index is 8.96. The van der Waals surface area contributed by atoms with E-state index in [1.165, 1.54) is 0 Å². The smallest absolute Gasteiger partial charge is 0.110 e. The van der Waals surface area contributed by atoms with Gasteiger partial charge in [0.2, 0.25) is 0 Å². The van der Waals surface area contributed by atoms with Gasteiger partial charge in [-0.15, -0.1) is 0 Å². The molecule has 1 saturated heterocycles. The molecule has 0 aliphatic carbocycles. The first-order valence-electron chi connectivity index (χ1n) is 3.59. The van der Waals surface area contributed by atoms with Crippen LogP contribution in [0.3, 0.4) is 0 Å². The van der Waals surface area contributed by atoms with Gasteiger partial charge in [-0.3, -0.25) is 0 Å².